The van der Waals surface area contributed by atoms with Gasteiger partial charge in [-0.05, 0) is 81.8 Å². The summed E-state index contributed by atoms with van der Waals surface area (Å²) in [6, 6.07) is 56.2. The molecule has 44 heavy (non-hydrogen) atoms. The molecular formula is C43H37N. The van der Waals surface area contributed by atoms with Crippen LogP contribution in [0.4, 0.5) is 17.1 Å². The third-order valence-corrected chi connectivity index (χ3v) is 7.79. The molecule has 0 unspecified atom stereocenters. The zero-order chi connectivity index (χ0) is 30.0. The van der Waals surface area contributed by atoms with Crippen molar-refractivity contribution in [3.8, 4) is 11.1 Å². The summed E-state index contributed by atoms with van der Waals surface area (Å²) in [6.45, 7) is 2.22. The fourth-order valence-corrected chi connectivity index (χ4v) is 5.38. The Labute approximate surface area is 262 Å². The number of hydrogen-bond acceptors (Lipinski definition) is 1. The van der Waals surface area contributed by atoms with E-state index in [1.165, 1.54) is 38.9 Å². The summed E-state index contributed by atoms with van der Waals surface area (Å²) in [5.41, 5.74) is 12.0. The Morgan fingerprint density at radius 3 is 1.20 bits per heavy atom. The van der Waals surface area contributed by atoms with Crippen molar-refractivity contribution < 1.29 is 0 Å². The quantitative estimate of drug-likeness (QED) is 0.149. The van der Waals surface area contributed by atoms with Crippen LogP contribution in [-0.4, -0.2) is 0 Å². The first-order chi connectivity index (χ1) is 21.7. The Morgan fingerprint density at radius 2 is 0.750 bits per heavy atom. The zero-order valence-corrected chi connectivity index (χ0v) is 25.2. The molecule has 0 aliphatic rings. The Bertz CT molecular complexity index is 1800. The molecule has 0 aliphatic heterocycles. The van der Waals surface area contributed by atoms with E-state index in [0.717, 1.165) is 29.9 Å². The maximum atomic E-state index is 2.31. The number of hydrogen-bond donors (Lipinski definition) is 0. The van der Waals surface area contributed by atoms with Gasteiger partial charge in [-0.3, -0.25) is 0 Å². The van der Waals surface area contributed by atoms with E-state index in [0.29, 0.717) is 0 Å². The predicted octanol–water partition coefficient (Wildman–Crippen LogP) is 12.1. The van der Waals surface area contributed by atoms with E-state index in [4.69, 9.17) is 0 Å². The first kappa shape index (κ1) is 28.7. The Morgan fingerprint density at radius 1 is 0.386 bits per heavy atom. The second-order valence-corrected chi connectivity index (χ2v) is 11.0. The van der Waals surface area contributed by atoms with Gasteiger partial charge in [0.2, 0.25) is 0 Å². The van der Waals surface area contributed by atoms with Crippen LogP contribution in [-0.2, 0) is 6.42 Å². The highest BCUT2D eigenvalue weighted by atomic mass is 15.1. The summed E-state index contributed by atoms with van der Waals surface area (Å²) >= 11 is 0. The first-order valence-corrected chi connectivity index (χ1v) is 15.4. The minimum absolute atomic E-state index is 1.11. The van der Waals surface area contributed by atoms with Gasteiger partial charge in [-0.1, -0.05) is 159 Å². The van der Waals surface area contributed by atoms with Crippen molar-refractivity contribution in [1.82, 2.24) is 0 Å². The van der Waals surface area contributed by atoms with Crippen molar-refractivity contribution in [2.45, 2.75) is 19.8 Å². The minimum atomic E-state index is 1.11. The average Bonchev–Trinajstić information content (AvgIpc) is 3.09. The summed E-state index contributed by atoms with van der Waals surface area (Å²) in [4.78, 5) is 2.31. The van der Waals surface area contributed by atoms with Crippen LogP contribution in [0.1, 0.15) is 41.2 Å². The van der Waals surface area contributed by atoms with Crippen molar-refractivity contribution in [3.63, 3.8) is 0 Å². The summed E-state index contributed by atoms with van der Waals surface area (Å²) in [7, 11) is 0. The molecule has 0 bridgehead atoms. The van der Waals surface area contributed by atoms with Crippen molar-refractivity contribution in [1.29, 1.82) is 0 Å². The number of benzene rings is 6. The van der Waals surface area contributed by atoms with Crippen LogP contribution in [0.15, 0.2) is 158 Å². The standard InChI is InChI=1S/C43H37N/c1-2-9-34-22-30-42(31-23-34)44(41-12-7-4-8-13-41)43-32-24-38(25-33-43)17-16-37-20-28-40(29-21-37)39-26-18-36(19-27-39)15-14-35-10-5-3-6-11-35/h3-8,10-33H,2,9H2,1H3. The molecule has 214 valence electrons. The maximum Gasteiger partial charge on any atom is 0.0462 e. The Balaban J connectivity index is 1.13. The topological polar surface area (TPSA) is 3.24 Å². The molecule has 0 N–H and O–H groups in total. The first-order valence-electron chi connectivity index (χ1n) is 15.4. The third-order valence-electron chi connectivity index (χ3n) is 7.79. The van der Waals surface area contributed by atoms with Crippen LogP contribution in [0.2, 0.25) is 0 Å². The molecule has 1 heteroatoms. The van der Waals surface area contributed by atoms with Crippen LogP contribution in [0.3, 0.4) is 0 Å². The minimum Gasteiger partial charge on any atom is -0.311 e. The van der Waals surface area contributed by atoms with E-state index in [-0.39, 0.29) is 0 Å². The molecule has 1 nitrogen and oxygen atoms in total. The van der Waals surface area contributed by atoms with Crippen LogP contribution in [0, 0.1) is 0 Å². The average molecular weight is 568 g/mol. The molecule has 0 heterocycles. The second-order valence-electron chi connectivity index (χ2n) is 11.0. The highest BCUT2D eigenvalue weighted by Gasteiger charge is 2.12. The number of rotatable bonds is 10. The van der Waals surface area contributed by atoms with E-state index < -0.39 is 0 Å². The highest BCUT2D eigenvalue weighted by molar-refractivity contribution is 5.79. The molecular weight excluding hydrogens is 530 g/mol. The van der Waals surface area contributed by atoms with E-state index >= 15 is 0 Å². The third kappa shape index (κ3) is 7.32. The molecule has 0 fully saturated rings. The number of anilines is 3. The molecule has 0 spiro atoms. The lowest BCUT2D eigenvalue weighted by Crippen LogP contribution is -2.09. The van der Waals surface area contributed by atoms with E-state index in [9.17, 15) is 0 Å². The van der Waals surface area contributed by atoms with Gasteiger partial charge in [0.05, 0.1) is 0 Å². The second kappa shape index (κ2) is 14.2. The number of nitrogens with zero attached hydrogens (tertiary/aromatic N) is 1. The monoisotopic (exact) mass is 567 g/mol. The smallest absolute Gasteiger partial charge is 0.0462 e. The molecule has 6 aromatic rings. The Kier molecular flexibility index (Phi) is 9.25. The molecule has 0 radical (unpaired) electrons. The summed E-state index contributed by atoms with van der Waals surface area (Å²) in [5, 5.41) is 0. The van der Waals surface area contributed by atoms with Gasteiger partial charge in [0, 0.05) is 17.1 Å². The van der Waals surface area contributed by atoms with Crippen LogP contribution in [0.5, 0.6) is 0 Å². The molecule has 0 saturated carbocycles. The van der Waals surface area contributed by atoms with Gasteiger partial charge >= 0.3 is 0 Å². The molecule has 0 saturated heterocycles. The molecule has 6 rings (SSSR count). The zero-order valence-electron chi connectivity index (χ0n) is 25.2. The fraction of sp³-hybridized carbons (Fsp3) is 0.0698. The van der Waals surface area contributed by atoms with Gasteiger partial charge in [-0.2, -0.15) is 0 Å². The highest BCUT2D eigenvalue weighted by Crippen LogP contribution is 2.34. The van der Waals surface area contributed by atoms with E-state index in [1.54, 1.807) is 0 Å². The Hall–Kier alpha value is -5.40. The number of aryl methyl sites for hydroxylation is 1. The maximum absolute atomic E-state index is 2.31. The van der Waals surface area contributed by atoms with Crippen molar-refractivity contribution in [2.24, 2.45) is 0 Å². The van der Waals surface area contributed by atoms with Gasteiger partial charge in [-0.15, -0.1) is 0 Å². The van der Waals surface area contributed by atoms with Crippen molar-refractivity contribution in [2.75, 3.05) is 4.90 Å². The van der Waals surface area contributed by atoms with E-state index in [2.05, 4.69) is 188 Å². The SMILES string of the molecule is CCCc1ccc(N(c2ccccc2)c2ccc(C=Cc3ccc(-c4ccc(C=Cc5ccccc5)cc4)cc3)cc2)cc1. The predicted molar refractivity (Wildman–Crippen MR) is 191 cm³/mol. The van der Waals surface area contributed by atoms with Gasteiger partial charge < -0.3 is 4.90 Å². The molecule has 0 atom stereocenters. The summed E-state index contributed by atoms with van der Waals surface area (Å²) in [5.74, 6) is 0. The van der Waals surface area contributed by atoms with Gasteiger partial charge in [0.1, 0.15) is 0 Å². The normalized spacial score (nSPS) is 11.3. The van der Waals surface area contributed by atoms with Crippen LogP contribution >= 0.6 is 0 Å². The van der Waals surface area contributed by atoms with Gasteiger partial charge in [-0.25, -0.2) is 0 Å². The lowest BCUT2D eigenvalue weighted by Gasteiger charge is -2.25. The molecule has 0 aromatic heterocycles. The summed E-state index contributed by atoms with van der Waals surface area (Å²) < 4.78 is 0. The lowest BCUT2D eigenvalue weighted by atomic mass is 10.0. The lowest BCUT2D eigenvalue weighted by molar-refractivity contribution is 0.922. The van der Waals surface area contributed by atoms with Crippen molar-refractivity contribution >= 4 is 41.4 Å². The fourth-order valence-electron chi connectivity index (χ4n) is 5.38. The molecule has 0 aliphatic carbocycles. The molecule has 0 amide bonds. The molecule has 6 aromatic carbocycles. The van der Waals surface area contributed by atoms with Crippen LogP contribution in [0.25, 0.3) is 35.4 Å². The largest absolute Gasteiger partial charge is 0.311 e. The summed E-state index contributed by atoms with van der Waals surface area (Å²) in [6.07, 6.45) is 10.9. The van der Waals surface area contributed by atoms with E-state index in [1.807, 2.05) is 6.07 Å². The van der Waals surface area contributed by atoms with Gasteiger partial charge in [0.15, 0.2) is 0 Å². The van der Waals surface area contributed by atoms with Gasteiger partial charge in [0.25, 0.3) is 0 Å². The van der Waals surface area contributed by atoms with Crippen LogP contribution < -0.4 is 4.90 Å². The number of para-hydroxylation sites is 1. The van der Waals surface area contributed by atoms with Crippen molar-refractivity contribution in [3.05, 3.63) is 186 Å².